The average Bonchev–Trinajstić information content (AvgIpc) is 2.65. The number of aromatic amines is 1. The maximum Gasteiger partial charge on any atom is 0.517 e. The van der Waals surface area contributed by atoms with Gasteiger partial charge in [-0.3, -0.25) is 9.59 Å². The molecule has 0 fully saturated rings. The van der Waals surface area contributed by atoms with E-state index in [9.17, 15) is 14.4 Å². The van der Waals surface area contributed by atoms with Gasteiger partial charge < -0.3 is 15.4 Å². The van der Waals surface area contributed by atoms with Gasteiger partial charge in [0, 0.05) is 11.3 Å². The molecule has 0 bridgehead atoms. The Hall–Kier alpha value is -2.11. The van der Waals surface area contributed by atoms with E-state index in [0.717, 1.165) is 0 Å². The molecule has 1 amide bonds. The molecule has 0 atom stereocenters. The molecule has 0 spiro atoms. The van der Waals surface area contributed by atoms with Crippen LogP contribution in [-0.4, -0.2) is 34.8 Å². The minimum Gasteiger partial charge on any atom is -0.565 e. The van der Waals surface area contributed by atoms with Crippen molar-refractivity contribution in [1.29, 1.82) is 0 Å². The van der Waals surface area contributed by atoms with E-state index in [-0.39, 0.29) is 18.7 Å². The monoisotopic (exact) mass is 211 g/mol. The number of H-pyrrole nitrogens is 1. The molecule has 15 heavy (non-hydrogen) atoms. The van der Waals surface area contributed by atoms with E-state index in [1.165, 1.54) is 12.1 Å². The minimum atomic E-state index is -0.727. The van der Waals surface area contributed by atoms with Crippen molar-refractivity contribution < 1.29 is 19.5 Å². The third-order valence-electron chi connectivity index (χ3n) is 1.72. The summed E-state index contributed by atoms with van der Waals surface area (Å²) in [5.41, 5.74) is 0.575. The Morgan fingerprint density at radius 2 is 2.20 bits per heavy atom. The summed E-state index contributed by atoms with van der Waals surface area (Å²) in [6, 6.07) is 2.96. The van der Waals surface area contributed by atoms with Gasteiger partial charge in [-0.05, 0) is 12.1 Å². The fourth-order valence-electron chi connectivity index (χ4n) is 0.998. The van der Waals surface area contributed by atoms with Crippen LogP contribution >= 0.6 is 0 Å². The number of aldehydes is 1. The Morgan fingerprint density at radius 3 is 2.73 bits per heavy atom. The van der Waals surface area contributed by atoms with Gasteiger partial charge >= 0.3 is 5.97 Å². The van der Waals surface area contributed by atoms with E-state index in [1.807, 2.05) is 0 Å². The van der Waals surface area contributed by atoms with Crippen molar-refractivity contribution in [1.82, 2.24) is 10.3 Å². The maximum atomic E-state index is 11.3. The number of hydrogen-bond donors (Lipinski definition) is 2. The summed E-state index contributed by atoms with van der Waals surface area (Å²) in [5.74, 6) is -1.13. The third kappa shape index (κ3) is 3.26. The smallest absolute Gasteiger partial charge is 0.517 e. The van der Waals surface area contributed by atoms with Gasteiger partial charge in [0.25, 0.3) is 5.91 Å². The topological polar surface area (TPSA) is 102 Å². The molecule has 4 N–H and O–H groups in total. The molecule has 0 unspecified atom stereocenters. The van der Waals surface area contributed by atoms with Gasteiger partial charge in [0.05, 0.1) is 5.69 Å². The minimum absolute atomic E-state index is 0.0208. The maximum absolute atomic E-state index is 11.3. The molecule has 6 nitrogen and oxygen atoms in total. The molecule has 0 aliphatic carbocycles. The highest BCUT2D eigenvalue weighted by molar-refractivity contribution is 5.93. The van der Waals surface area contributed by atoms with Crippen LogP contribution in [0.3, 0.4) is 0 Å². The molecule has 0 aromatic carbocycles. The Kier molecular flexibility index (Phi) is 3.61. The van der Waals surface area contributed by atoms with E-state index < -0.39 is 11.9 Å². The van der Waals surface area contributed by atoms with Crippen LogP contribution in [0.5, 0.6) is 0 Å². The quantitative estimate of drug-likeness (QED) is 0.492. The summed E-state index contributed by atoms with van der Waals surface area (Å²) < 4.78 is 0. The van der Waals surface area contributed by atoms with Crippen LogP contribution in [0.2, 0.25) is 0 Å². The molecular weight excluding hydrogens is 200 g/mol. The van der Waals surface area contributed by atoms with Crippen molar-refractivity contribution >= 4 is 18.2 Å². The van der Waals surface area contributed by atoms with Gasteiger partial charge in [0.15, 0.2) is 6.29 Å². The van der Waals surface area contributed by atoms with E-state index in [2.05, 4.69) is 10.3 Å². The third-order valence-corrected chi connectivity index (χ3v) is 1.72. The predicted molar refractivity (Wildman–Crippen MR) is 51.8 cm³/mol. The van der Waals surface area contributed by atoms with Crippen molar-refractivity contribution in [2.24, 2.45) is 0 Å². The molecule has 1 aromatic rings. The zero-order valence-corrected chi connectivity index (χ0v) is 7.87. The van der Waals surface area contributed by atoms with Crippen molar-refractivity contribution in [3.05, 3.63) is 23.5 Å². The molecular formula is C9H11N2O4+. The Bertz CT molecular complexity index is 383. The first-order valence-corrected chi connectivity index (χ1v) is 4.30. The van der Waals surface area contributed by atoms with Crippen LogP contribution in [-0.2, 0) is 4.79 Å². The van der Waals surface area contributed by atoms with Crippen molar-refractivity contribution in [2.75, 3.05) is 6.54 Å². The van der Waals surface area contributed by atoms with Gasteiger partial charge in [-0.25, -0.2) is 0 Å². The van der Waals surface area contributed by atoms with E-state index in [1.54, 1.807) is 0 Å². The van der Waals surface area contributed by atoms with Crippen molar-refractivity contribution in [2.45, 2.75) is 6.42 Å². The summed E-state index contributed by atoms with van der Waals surface area (Å²) >= 11 is 0. The van der Waals surface area contributed by atoms with Gasteiger partial charge in [-0.2, -0.15) is 0 Å². The first-order chi connectivity index (χ1) is 7.13. The average molecular weight is 211 g/mol. The second-order valence-corrected chi connectivity index (χ2v) is 2.87. The number of aromatic nitrogens is 1. The zero-order valence-electron chi connectivity index (χ0n) is 7.87. The molecule has 6 heteroatoms. The molecule has 1 aromatic heterocycles. The number of carbonyl (C=O) groups excluding carboxylic acids is 3. The fourth-order valence-corrected chi connectivity index (χ4v) is 0.998. The predicted octanol–water partition coefficient (Wildman–Crippen LogP) is -0.802. The van der Waals surface area contributed by atoms with Crippen LogP contribution in [0.25, 0.3) is 0 Å². The van der Waals surface area contributed by atoms with Gasteiger partial charge in [-0.15, -0.1) is 0 Å². The fraction of sp³-hybridized carbons (Fsp3) is 0.222. The summed E-state index contributed by atoms with van der Waals surface area (Å²) in [4.78, 5) is 34.5. The number of rotatable bonds is 5. The zero-order chi connectivity index (χ0) is 11.3. The lowest BCUT2D eigenvalue weighted by Gasteiger charge is -1.99. The lowest BCUT2D eigenvalue weighted by Crippen LogP contribution is -2.26. The molecule has 0 aliphatic rings. The number of carbonyl (C=O) groups is 3. The van der Waals surface area contributed by atoms with Gasteiger partial charge in [0.2, 0.25) is 0 Å². The van der Waals surface area contributed by atoms with Crippen LogP contribution in [0.1, 0.15) is 27.4 Å². The highest BCUT2D eigenvalue weighted by atomic mass is 16.4. The lowest BCUT2D eigenvalue weighted by molar-refractivity contribution is -0.136. The molecule has 0 saturated heterocycles. The molecule has 1 heterocycles. The van der Waals surface area contributed by atoms with Gasteiger partial charge in [-0.1, -0.05) is 0 Å². The molecule has 1 rings (SSSR count). The van der Waals surface area contributed by atoms with Crippen molar-refractivity contribution in [3.8, 4) is 0 Å². The first kappa shape index (κ1) is 11.0. The Labute approximate surface area is 85.3 Å². The number of nitrogens with one attached hydrogen (secondary N) is 2. The number of hydrogen-bond acceptors (Lipinski definition) is 3. The van der Waals surface area contributed by atoms with Crippen LogP contribution < -0.4 is 5.32 Å². The molecule has 0 saturated carbocycles. The first-order valence-electron chi connectivity index (χ1n) is 4.30. The highest BCUT2D eigenvalue weighted by Gasteiger charge is 2.10. The molecule has 0 aliphatic heterocycles. The van der Waals surface area contributed by atoms with Crippen LogP contribution in [0, 0.1) is 0 Å². The Balaban J connectivity index is 2.46. The van der Waals surface area contributed by atoms with Crippen LogP contribution in [0.15, 0.2) is 12.1 Å². The van der Waals surface area contributed by atoms with Crippen molar-refractivity contribution in [3.63, 3.8) is 0 Å². The standard InChI is InChI=1S/C9H10N2O4/c12-5-6-1-2-7(11-6)9(15)10-4-3-8(13)14/h1-2,5,11H,3-4H2,(H,10,15)(H,13,14)/p+1. The van der Waals surface area contributed by atoms with E-state index in [4.69, 9.17) is 5.11 Å². The SMILES string of the molecule is O=Cc1ccc(C(=O)NCCC(=O)[OH2+])[nH]1. The summed E-state index contributed by atoms with van der Waals surface area (Å²) in [6.45, 7) is 0.122. The number of amides is 1. The molecule has 0 radical (unpaired) electrons. The second-order valence-electron chi connectivity index (χ2n) is 2.87. The summed E-state index contributed by atoms with van der Waals surface area (Å²) in [6.07, 6.45) is 0.580. The van der Waals surface area contributed by atoms with Gasteiger partial charge in [0.1, 0.15) is 12.1 Å². The summed E-state index contributed by atoms with van der Waals surface area (Å²) in [7, 11) is 0. The normalized spacial score (nSPS) is 9.60. The second kappa shape index (κ2) is 4.94. The summed E-state index contributed by atoms with van der Waals surface area (Å²) in [5, 5.41) is 9.06. The highest BCUT2D eigenvalue weighted by Crippen LogP contribution is 1.98. The van der Waals surface area contributed by atoms with E-state index >= 15 is 0 Å². The molecule has 80 valence electrons. The lowest BCUT2D eigenvalue weighted by atomic mass is 10.4. The Morgan fingerprint density at radius 1 is 1.47 bits per heavy atom. The van der Waals surface area contributed by atoms with E-state index in [0.29, 0.717) is 12.0 Å². The van der Waals surface area contributed by atoms with Crippen LogP contribution in [0.4, 0.5) is 0 Å². The largest absolute Gasteiger partial charge is 0.565 e.